The van der Waals surface area contributed by atoms with Crippen LogP contribution in [-0.4, -0.2) is 11.1 Å². The number of esters is 1. The highest BCUT2D eigenvalue weighted by Crippen LogP contribution is 2.29. The smallest absolute Gasteiger partial charge is 0.342 e. The van der Waals surface area contributed by atoms with Gasteiger partial charge in [0.05, 0.1) is 0 Å². The second-order valence-electron chi connectivity index (χ2n) is 5.27. The lowest BCUT2D eigenvalue weighted by Crippen LogP contribution is -2.13. The minimum atomic E-state index is -0.577. The van der Waals surface area contributed by atoms with E-state index in [-0.39, 0.29) is 11.3 Å². The average molecular weight is 383 g/mol. The summed E-state index contributed by atoms with van der Waals surface area (Å²) in [5.41, 5.74) is 1.86. The molecule has 1 N–H and O–H groups in total. The molecule has 0 atom stereocenters. The molecule has 0 aliphatic carbocycles. The minimum absolute atomic E-state index is 0.108. The molecule has 3 aromatic rings. The summed E-state index contributed by atoms with van der Waals surface area (Å²) in [6.07, 6.45) is -0.543. The average Bonchev–Trinajstić information content (AvgIpc) is 2.63. The summed E-state index contributed by atoms with van der Waals surface area (Å²) in [6, 6.07) is 23.7. The fourth-order valence-corrected chi connectivity index (χ4v) is 2.79. The molecule has 0 aliphatic rings. The second kappa shape index (κ2) is 7.32. The summed E-state index contributed by atoms with van der Waals surface area (Å²) in [7, 11) is 0. The molecule has 0 fully saturated rings. The molecule has 3 rings (SSSR count). The molecule has 0 aromatic heterocycles. The van der Waals surface area contributed by atoms with Gasteiger partial charge in [0.25, 0.3) is 0 Å². The van der Waals surface area contributed by atoms with E-state index in [1.165, 1.54) is 6.07 Å². The van der Waals surface area contributed by atoms with Gasteiger partial charge >= 0.3 is 5.97 Å². The van der Waals surface area contributed by atoms with Crippen LogP contribution in [0, 0.1) is 0 Å². The zero-order valence-electron chi connectivity index (χ0n) is 12.7. The first-order valence-electron chi connectivity index (χ1n) is 7.44. The molecule has 3 aromatic carbocycles. The van der Waals surface area contributed by atoms with Gasteiger partial charge in [-0.25, -0.2) is 4.79 Å². The Balaban J connectivity index is 1.95. The maximum atomic E-state index is 12.6. The van der Waals surface area contributed by atoms with Crippen LogP contribution in [0.1, 0.15) is 27.6 Å². The number of ether oxygens (including phenoxy) is 1. The van der Waals surface area contributed by atoms with Crippen LogP contribution in [0.25, 0.3) is 0 Å². The molecule has 0 saturated carbocycles. The third-order valence-electron chi connectivity index (χ3n) is 3.61. The van der Waals surface area contributed by atoms with Crippen LogP contribution < -0.4 is 0 Å². The molecule has 0 bridgehead atoms. The fraction of sp³-hybridized carbons (Fsp3) is 0.0500. The normalized spacial score (nSPS) is 10.6. The van der Waals surface area contributed by atoms with Gasteiger partial charge in [-0.05, 0) is 29.3 Å². The number of carbonyl (C=O) groups is 1. The molecule has 120 valence electrons. The predicted octanol–water partition coefficient (Wildman–Crippen LogP) is 5.10. The van der Waals surface area contributed by atoms with Gasteiger partial charge in [-0.3, -0.25) is 0 Å². The van der Waals surface area contributed by atoms with E-state index in [2.05, 4.69) is 15.9 Å². The van der Waals surface area contributed by atoms with Crippen molar-refractivity contribution in [1.29, 1.82) is 0 Å². The molecular formula is C20H15BrO3. The number of benzene rings is 3. The standard InChI is InChI=1S/C20H15BrO3/c21-16-11-12-18(22)17(13-16)20(23)24-19(14-7-3-1-4-8-14)15-9-5-2-6-10-15/h1-13,19,22H. The van der Waals surface area contributed by atoms with Crippen molar-refractivity contribution in [2.24, 2.45) is 0 Å². The summed E-state index contributed by atoms with van der Waals surface area (Å²) in [4.78, 5) is 12.6. The van der Waals surface area contributed by atoms with Crippen molar-refractivity contribution in [2.75, 3.05) is 0 Å². The highest BCUT2D eigenvalue weighted by molar-refractivity contribution is 9.10. The van der Waals surface area contributed by atoms with Gasteiger partial charge in [0.15, 0.2) is 6.10 Å². The Labute approximate surface area is 148 Å². The first-order valence-corrected chi connectivity index (χ1v) is 8.24. The van der Waals surface area contributed by atoms with E-state index >= 15 is 0 Å². The number of hydrogen-bond acceptors (Lipinski definition) is 3. The third-order valence-corrected chi connectivity index (χ3v) is 4.10. The summed E-state index contributed by atoms with van der Waals surface area (Å²) < 4.78 is 6.42. The Hall–Kier alpha value is -2.59. The quantitative estimate of drug-likeness (QED) is 0.638. The van der Waals surface area contributed by atoms with Crippen molar-refractivity contribution in [3.63, 3.8) is 0 Å². The molecule has 0 spiro atoms. The molecule has 0 saturated heterocycles. The maximum absolute atomic E-state index is 12.6. The Morgan fingerprint density at radius 2 is 1.42 bits per heavy atom. The number of carbonyl (C=O) groups excluding carboxylic acids is 1. The summed E-state index contributed by atoms with van der Waals surface area (Å²) in [5.74, 6) is -0.686. The third kappa shape index (κ3) is 3.66. The van der Waals surface area contributed by atoms with Crippen molar-refractivity contribution in [1.82, 2.24) is 0 Å². The summed E-state index contributed by atoms with van der Waals surface area (Å²) >= 11 is 3.30. The van der Waals surface area contributed by atoms with Crippen LogP contribution in [0.3, 0.4) is 0 Å². The molecule has 24 heavy (non-hydrogen) atoms. The number of phenolic OH excluding ortho intramolecular Hbond substituents is 1. The van der Waals surface area contributed by atoms with Crippen LogP contribution in [0.5, 0.6) is 5.75 Å². The Morgan fingerprint density at radius 1 is 0.875 bits per heavy atom. The number of aromatic hydroxyl groups is 1. The number of rotatable bonds is 4. The van der Waals surface area contributed by atoms with Crippen LogP contribution >= 0.6 is 15.9 Å². The van der Waals surface area contributed by atoms with Crippen LogP contribution in [0.15, 0.2) is 83.3 Å². The predicted molar refractivity (Wildman–Crippen MR) is 95.9 cm³/mol. The lowest BCUT2D eigenvalue weighted by atomic mass is 10.0. The van der Waals surface area contributed by atoms with Crippen molar-refractivity contribution in [3.8, 4) is 5.75 Å². The molecule has 0 unspecified atom stereocenters. The van der Waals surface area contributed by atoms with Gasteiger partial charge in [-0.2, -0.15) is 0 Å². The molecule has 0 aliphatic heterocycles. The second-order valence-corrected chi connectivity index (χ2v) is 6.18. The van der Waals surface area contributed by atoms with Crippen molar-refractivity contribution in [3.05, 3.63) is 100 Å². The van der Waals surface area contributed by atoms with Crippen molar-refractivity contribution < 1.29 is 14.6 Å². The van der Waals surface area contributed by atoms with Crippen LogP contribution in [0.2, 0.25) is 0 Å². The Kier molecular flexibility index (Phi) is 4.96. The maximum Gasteiger partial charge on any atom is 0.342 e. The van der Waals surface area contributed by atoms with E-state index in [0.29, 0.717) is 4.47 Å². The molecular weight excluding hydrogens is 368 g/mol. The molecule has 3 nitrogen and oxygen atoms in total. The van der Waals surface area contributed by atoms with Gasteiger partial charge in [-0.1, -0.05) is 76.6 Å². The van der Waals surface area contributed by atoms with Gasteiger partial charge < -0.3 is 9.84 Å². The highest BCUT2D eigenvalue weighted by Gasteiger charge is 2.21. The van der Waals surface area contributed by atoms with Gasteiger partial charge in [0.2, 0.25) is 0 Å². The zero-order chi connectivity index (χ0) is 16.9. The topological polar surface area (TPSA) is 46.5 Å². The van der Waals surface area contributed by atoms with Gasteiger partial charge in [0, 0.05) is 4.47 Å². The lowest BCUT2D eigenvalue weighted by Gasteiger charge is -2.19. The first-order chi connectivity index (χ1) is 11.6. The molecule has 0 radical (unpaired) electrons. The van der Waals surface area contributed by atoms with E-state index in [0.717, 1.165) is 11.1 Å². The lowest BCUT2D eigenvalue weighted by molar-refractivity contribution is 0.0375. The van der Waals surface area contributed by atoms with E-state index in [1.807, 2.05) is 60.7 Å². The van der Waals surface area contributed by atoms with E-state index in [9.17, 15) is 9.90 Å². The molecule has 0 amide bonds. The van der Waals surface area contributed by atoms with Gasteiger partial charge in [-0.15, -0.1) is 0 Å². The number of halogens is 1. The fourth-order valence-electron chi connectivity index (χ4n) is 2.43. The van der Waals surface area contributed by atoms with Crippen LogP contribution in [0.4, 0.5) is 0 Å². The number of phenols is 1. The Morgan fingerprint density at radius 3 is 1.96 bits per heavy atom. The minimum Gasteiger partial charge on any atom is -0.507 e. The van der Waals surface area contributed by atoms with E-state index < -0.39 is 12.1 Å². The number of hydrogen-bond donors (Lipinski definition) is 1. The highest BCUT2D eigenvalue weighted by atomic mass is 79.9. The monoisotopic (exact) mass is 382 g/mol. The first kappa shape index (κ1) is 16.3. The largest absolute Gasteiger partial charge is 0.507 e. The SMILES string of the molecule is O=C(OC(c1ccccc1)c1ccccc1)c1cc(Br)ccc1O. The van der Waals surface area contributed by atoms with E-state index in [1.54, 1.807) is 12.1 Å². The summed E-state index contributed by atoms with van der Waals surface area (Å²) in [6.45, 7) is 0. The van der Waals surface area contributed by atoms with Crippen molar-refractivity contribution >= 4 is 21.9 Å². The van der Waals surface area contributed by atoms with Gasteiger partial charge in [0.1, 0.15) is 11.3 Å². The molecule has 4 heteroatoms. The van der Waals surface area contributed by atoms with Crippen molar-refractivity contribution in [2.45, 2.75) is 6.10 Å². The van der Waals surface area contributed by atoms with E-state index in [4.69, 9.17) is 4.74 Å². The Bertz CT molecular complexity index is 793. The summed E-state index contributed by atoms with van der Waals surface area (Å²) in [5, 5.41) is 9.94. The molecule has 0 heterocycles. The van der Waals surface area contributed by atoms with Crippen LogP contribution in [-0.2, 0) is 4.74 Å². The zero-order valence-corrected chi connectivity index (χ0v) is 14.3.